The van der Waals surface area contributed by atoms with Crippen molar-refractivity contribution < 1.29 is 5.11 Å². The summed E-state index contributed by atoms with van der Waals surface area (Å²) in [5.41, 5.74) is 1.26. The average molecular weight is 290 g/mol. The van der Waals surface area contributed by atoms with Gasteiger partial charge in [-0.1, -0.05) is 52.0 Å². The Morgan fingerprint density at radius 3 is 2.48 bits per heavy atom. The Labute approximate surface area is 131 Å². The van der Waals surface area contributed by atoms with Crippen LogP contribution in [-0.4, -0.2) is 10.7 Å². The van der Waals surface area contributed by atoms with Crippen LogP contribution in [0.3, 0.4) is 0 Å². The van der Waals surface area contributed by atoms with Crippen molar-refractivity contribution in [1.82, 2.24) is 0 Å². The topological polar surface area (TPSA) is 20.2 Å². The van der Waals surface area contributed by atoms with Gasteiger partial charge in [0.15, 0.2) is 0 Å². The van der Waals surface area contributed by atoms with Crippen molar-refractivity contribution >= 4 is 0 Å². The number of hydrogen-bond donors (Lipinski definition) is 1. The van der Waals surface area contributed by atoms with Gasteiger partial charge < -0.3 is 5.11 Å². The van der Waals surface area contributed by atoms with E-state index in [1.54, 1.807) is 0 Å². The summed E-state index contributed by atoms with van der Waals surface area (Å²) < 4.78 is 0. The lowest BCUT2D eigenvalue weighted by atomic mass is 9.45. The predicted molar refractivity (Wildman–Crippen MR) is 91.1 cm³/mol. The third-order valence-corrected chi connectivity index (χ3v) is 6.80. The van der Waals surface area contributed by atoms with Crippen LogP contribution < -0.4 is 0 Å². The zero-order chi connectivity index (χ0) is 15.9. The molecule has 0 spiro atoms. The lowest BCUT2D eigenvalue weighted by molar-refractivity contribution is -0.168. The van der Waals surface area contributed by atoms with E-state index in [1.807, 2.05) is 6.08 Å². The Bertz CT molecular complexity index is 418. The first-order valence-corrected chi connectivity index (χ1v) is 8.66. The number of allylic oxidation sites excluding steroid dienone is 2. The number of rotatable bonds is 4. The van der Waals surface area contributed by atoms with Crippen LogP contribution in [0.15, 0.2) is 24.8 Å². The van der Waals surface area contributed by atoms with E-state index in [1.165, 1.54) is 25.7 Å². The van der Waals surface area contributed by atoms with Crippen LogP contribution in [0.4, 0.5) is 0 Å². The number of fused-ring (bicyclic) bond motifs is 1. The van der Waals surface area contributed by atoms with Crippen LogP contribution in [0.2, 0.25) is 0 Å². The van der Waals surface area contributed by atoms with Crippen LogP contribution in [0, 0.1) is 22.7 Å². The molecule has 2 aliphatic carbocycles. The summed E-state index contributed by atoms with van der Waals surface area (Å²) in [6.45, 7) is 17.3. The van der Waals surface area contributed by atoms with Crippen molar-refractivity contribution in [3.05, 3.63) is 24.8 Å². The van der Waals surface area contributed by atoms with Crippen molar-refractivity contribution in [3.8, 4) is 0 Å². The number of hydrogen-bond acceptors (Lipinski definition) is 1. The normalized spacial score (nSPS) is 42.1. The highest BCUT2D eigenvalue weighted by atomic mass is 16.3. The van der Waals surface area contributed by atoms with Gasteiger partial charge in [-0.25, -0.2) is 0 Å². The van der Waals surface area contributed by atoms with Crippen LogP contribution >= 0.6 is 0 Å². The highest BCUT2D eigenvalue weighted by Gasteiger charge is 2.57. The second kappa shape index (κ2) is 5.57. The molecule has 2 aliphatic rings. The fraction of sp³-hybridized carbons (Fsp3) is 0.800. The fourth-order valence-electron chi connectivity index (χ4n) is 5.70. The Morgan fingerprint density at radius 2 is 1.86 bits per heavy atom. The largest absolute Gasteiger partial charge is 0.390 e. The molecule has 0 aromatic rings. The predicted octanol–water partition coefficient (Wildman–Crippen LogP) is 5.50. The summed E-state index contributed by atoms with van der Waals surface area (Å²) in [5, 5.41) is 11.0. The summed E-state index contributed by atoms with van der Waals surface area (Å²) in [7, 11) is 0. The van der Waals surface area contributed by atoms with Gasteiger partial charge in [0, 0.05) is 0 Å². The van der Waals surface area contributed by atoms with Gasteiger partial charge in [-0.3, -0.25) is 0 Å². The van der Waals surface area contributed by atoms with E-state index in [0.29, 0.717) is 11.3 Å². The van der Waals surface area contributed by atoms with Gasteiger partial charge in [0.25, 0.3) is 0 Å². The minimum absolute atomic E-state index is 0.269. The second-order valence-corrected chi connectivity index (χ2v) is 8.75. The van der Waals surface area contributed by atoms with E-state index in [2.05, 4.69) is 40.9 Å². The smallest absolute Gasteiger partial charge is 0.0653 e. The van der Waals surface area contributed by atoms with E-state index in [9.17, 15) is 5.11 Å². The standard InChI is InChI=1S/C20H34O/c1-7-15(2)9-10-17-19(5)13-8-12-18(3,4)16(19)11-14-20(17,6)21/h7,16-17,21H,1-2,8-14H2,3-6H3/t16-,17-,19+,20+/m0/s1. The van der Waals surface area contributed by atoms with Crippen LogP contribution in [0.25, 0.3) is 0 Å². The van der Waals surface area contributed by atoms with E-state index < -0.39 is 5.60 Å². The third kappa shape index (κ3) is 2.99. The molecule has 0 saturated heterocycles. The van der Waals surface area contributed by atoms with Gasteiger partial charge in [-0.2, -0.15) is 0 Å². The van der Waals surface area contributed by atoms with Crippen molar-refractivity contribution in [3.63, 3.8) is 0 Å². The summed E-state index contributed by atoms with van der Waals surface area (Å²) >= 11 is 0. The molecular weight excluding hydrogens is 256 g/mol. The highest BCUT2D eigenvalue weighted by Crippen LogP contribution is 2.62. The molecule has 0 aliphatic heterocycles. The maximum Gasteiger partial charge on any atom is 0.0653 e. The molecule has 0 radical (unpaired) electrons. The molecule has 2 fully saturated rings. The molecular formula is C20H34O. The van der Waals surface area contributed by atoms with Crippen molar-refractivity contribution in [1.29, 1.82) is 0 Å². The van der Waals surface area contributed by atoms with E-state index in [-0.39, 0.29) is 5.41 Å². The molecule has 2 saturated carbocycles. The second-order valence-electron chi connectivity index (χ2n) is 8.75. The molecule has 0 heterocycles. The highest BCUT2D eigenvalue weighted by molar-refractivity contribution is 5.13. The van der Waals surface area contributed by atoms with Crippen molar-refractivity contribution in [2.24, 2.45) is 22.7 Å². The average Bonchev–Trinajstić information content (AvgIpc) is 2.35. The maximum absolute atomic E-state index is 11.0. The zero-order valence-corrected chi connectivity index (χ0v) is 14.5. The summed E-state index contributed by atoms with van der Waals surface area (Å²) in [5.74, 6) is 1.11. The van der Waals surface area contributed by atoms with Crippen LogP contribution in [-0.2, 0) is 0 Å². The Hall–Kier alpha value is -0.560. The molecule has 1 nitrogen and oxygen atoms in total. The minimum atomic E-state index is -0.528. The summed E-state index contributed by atoms with van der Waals surface area (Å²) in [6.07, 6.45) is 9.90. The van der Waals surface area contributed by atoms with Gasteiger partial charge in [-0.05, 0) is 68.1 Å². The van der Waals surface area contributed by atoms with Crippen LogP contribution in [0.1, 0.15) is 72.6 Å². The van der Waals surface area contributed by atoms with E-state index >= 15 is 0 Å². The third-order valence-electron chi connectivity index (χ3n) is 6.80. The fourth-order valence-corrected chi connectivity index (χ4v) is 5.70. The SMILES string of the molecule is C=CC(=C)CC[C@H]1[C@]2(C)CCCC(C)(C)[C@@H]2CC[C@@]1(C)O. The molecule has 120 valence electrons. The molecule has 0 aromatic carbocycles. The van der Waals surface area contributed by atoms with Gasteiger partial charge in [0.2, 0.25) is 0 Å². The first-order chi connectivity index (χ1) is 9.63. The Kier molecular flexibility index (Phi) is 4.46. The van der Waals surface area contributed by atoms with Crippen LogP contribution in [0.5, 0.6) is 0 Å². The van der Waals surface area contributed by atoms with E-state index in [0.717, 1.165) is 30.8 Å². The van der Waals surface area contributed by atoms with Gasteiger partial charge in [0.1, 0.15) is 0 Å². The molecule has 0 unspecified atom stereocenters. The maximum atomic E-state index is 11.0. The molecule has 1 heteroatoms. The molecule has 2 rings (SSSR count). The van der Waals surface area contributed by atoms with E-state index in [4.69, 9.17) is 0 Å². The minimum Gasteiger partial charge on any atom is -0.390 e. The molecule has 0 amide bonds. The molecule has 21 heavy (non-hydrogen) atoms. The summed E-state index contributed by atoms with van der Waals surface area (Å²) in [6, 6.07) is 0. The molecule has 1 N–H and O–H groups in total. The Morgan fingerprint density at radius 1 is 1.19 bits per heavy atom. The number of aliphatic hydroxyl groups is 1. The monoisotopic (exact) mass is 290 g/mol. The quantitative estimate of drug-likeness (QED) is 0.678. The summed E-state index contributed by atoms with van der Waals surface area (Å²) in [4.78, 5) is 0. The molecule has 4 atom stereocenters. The van der Waals surface area contributed by atoms with Gasteiger partial charge in [0.05, 0.1) is 5.60 Å². The first kappa shape index (κ1) is 16.8. The lowest BCUT2D eigenvalue weighted by Crippen LogP contribution is -2.57. The zero-order valence-electron chi connectivity index (χ0n) is 14.5. The van der Waals surface area contributed by atoms with Gasteiger partial charge >= 0.3 is 0 Å². The van der Waals surface area contributed by atoms with Gasteiger partial charge in [-0.15, -0.1) is 0 Å². The van der Waals surface area contributed by atoms with Crippen molar-refractivity contribution in [2.75, 3.05) is 0 Å². The van der Waals surface area contributed by atoms with Crippen molar-refractivity contribution in [2.45, 2.75) is 78.2 Å². The molecule has 0 aromatic heterocycles. The first-order valence-electron chi connectivity index (χ1n) is 8.66. The molecule has 0 bridgehead atoms. The Balaban J connectivity index is 2.28. The lowest BCUT2D eigenvalue weighted by Gasteiger charge is -2.61.